The summed E-state index contributed by atoms with van der Waals surface area (Å²) < 4.78 is 0. The van der Waals surface area contributed by atoms with E-state index in [1.807, 2.05) is 13.8 Å². The third kappa shape index (κ3) is 3.04. The fraction of sp³-hybridized carbons (Fsp3) is 0.294. The number of aryl methyl sites for hydroxylation is 1. The maximum absolute atomic E-state index is 12.8. The van der Waals surface area contributed by atoms with Crippen molar-refractivity contribution < 1.29 is 9.59 Å². The van der Waals surface area contributed by atoms with Crippen LogP contribution in [-0.2, 0) is 4.79 Å². The first-order valence-electron chi connectivity index (χ1n) is 7.32. The van der Waals surface area contributed by atoms with Crippen molar-refractivity contribution in [3.05, 3.63) is 50.9 Å². The number of carbonyl (C=O) groups excluding carboxylic acids is 2. The van der Waals surface area contributed by atoms with Gasteiger partial charge in [-0.3, -0.25) is 9.59 Å². The van der Waals surface area contributed by atoms with Gasteiger partial charge in [0.15, 0.2) is 5.78 Å². The predicted octanol–water partition coefficient (Wildman–Crippen LogP) is 3.68. The Morgan fingerprint density at radius 3 is 2.39 bits per heavy atom. The Morgan fingerprint density at radius 2 is 1.83 bits per heavy atom. The van der Waals surface area contributed by atoms with E-state index < -0.39 is 5.54 Å². The fourth-order valence-electron chi connectivity index (χ4n) is 2.32. The summed E-state index contributed by atoms with van der Waals surface area (Å²) in [4.78, 5) is 26.1. The van der Waals surface area contributed by atoms with Gasteiger partial charge in [0.25, 0.3) is 0 Å². The van der Waals surface area contributed by atoms with E-state index in [1.54, 1.807) is 24.3 Å². The molecule has 1 saturated carbocycles. The van der Waals surface area contributed by atoms with Crippen molar-refractivity contribution in [3.8, 4) is 0 Å². The van der Waals surface area contributed by atoms with Crippen LogP contribution in [-0.4, -0.2) is 17.2 Å². The van der Waals surface area contributed by atoms with Crippen LogP contribution in [0.5, 0.6) is 0 Å². The minimum Gasteiger partial charge on any atom is -0.317 e. The van der Waals surface area contributed by atoms with E-state index in [2.05, 4.69) is 5.32 Å². The molecule has 0 spiro atoms. The van der Waals surface area contributed by atoms with E-state index in [4.69, 9.17) is 17.3 Å². The largest absolute Gasteiger partial charge is 0.317 e. The summed E-state index contributed by atoms with van der Waals surface area (Å²) in [6, 6.07) is 6.74. The first kappa shape index (κ1) is 16.2. The number of thiophene rings is 1. The minimum absolute atomic E-state index is 0.124. The Bertz CT molecular complexity index is 792. The molecule has 0 atom stereocenters. The van der Waals surface area contributed by atoms with Gasteiger partial charge < -0.3 is 11.1 Å². The molecule has 6 heteroatoms. The number of benzene rings is 1. The van der Waals surface area contributed by atoms with Crippen LogP contribution < -0.4 is 11.1 Å². The molecule has 0 unspecified atom stereocenters. The van der Waals surface area contributed by atoms with Crippen molar-refractivity contribution in [1.82, 2.24) is 0 Å². The van der Waals surface area contributed by atoms with E-state index in [-0.39, 0.29) is 11.7 Å². The molecule has 3 rings (SSSR count). The van der Waals surface area contributed by atoms with Crippen LogP contribution in [0.4, 0.5) is 5.00 Å². The molecule has 0 bridgehead atoms. The second-order valence-corrected chi connectivity index (χ2v) is 7.59. The van der Waals surface area contributed by atoms with Gasteiger partial charge in [-0.1, -0.05) is 11.6 Å². The summed E-state index contributed by atoms with van der Waals surface area (Å²) in [7, 11) is 0. The molecule has 1 aliphatic rings. The third-order valence-electron chi connectivity index (χ3n) is 4.19. The Hall–Kier alpha value is -1.69. The lowest BCUT2D eigenvalue weighted by molar-refractivity contribution is -0.118. The van der Waals surface area contributed by atoms with E-state index in [0.29, 0.717) is 34.0 Å². The second-order valence-electron chi connectivity index (χ2n) is 5.93. The number of anilines is 1. The SMILES string of the molecule is Cc1sc(NC(=O)C2(N)CC2)c(C(=O)c2ccc(Cl)cc2)c1C. The highest BCUT2D eigenvalue weighted by Crippen LogP contribution is 2.38. The monoisotopic (exact) mass is 348 g/mol. The van der Waals surface area contributed by atoms with E-state index in [0.717, 1.165) is 10.4 Å². The van der Waals surface area contributed by atoms with Crippen molar-refractivity contribution in [1.29, 1.82) is 0 Å². The molecule has 1 aromatic heterocycles. The van der Waals surface area contributed by atoms with Crippen LogP contribution in [0.1, 0.15) is 39.2 Å². The van der Waals surface area contributed by atoms with Crippen LogP contribution in [0, 0.1) is 13.8 Å². The van der Waals surface area contributed by atoms with Crippen molar-refractivity contribution in [3.63, 3.8) is 0 Å². The topological polar surface area (TPSA) is 72.2 Å². The number of ketones is 1. The molecule has 1 aliphatic carbocycles. The highest BCUT2D eigenvalue weighted by Gasteiger charge is 2.46. The minimum atomic E-state index is -0.771. The summed E-state index contributed by atoms with van der Waals surface area (Å²) in [5, 5.41) is 3.99. The van der Waals surface area contributed by atoms with Gasteiger partial charge in [0.1, 0.15) is 5.00 Å². The zero-order valence-corrected chi connectivity index (χ0v) is 14.5. The summed E-state index contributed by atoms with van der Waals surface area (Å²) in [6.07, 6.45) is 1.37. The molecule has 1 fully saturated rings. The predicted molar refractivity (Wildman–Crippen MR) is 93.5 cm³/mol. The molecule has 4 nitrogen and oxygen atoms in total. The summed E-state index contributed by atoms with van der Waals surface area (Å²) in [5.74, 6) is -0.343. The number of nitrogens with two attached hydrogens (primary N) is 1. The van der Waals surface area contributed by atoms with Crippen molar-refractivity contribution in [2.24, 2.45) is 5.73 Å². The Balaban J connectivity index is 1.96. The van der Waals surface area contributed by atoms with Crippen LogP contribution in [0.3, 0.4) is 0 Å². The van der Waals surface area contributed by atoms with E-state index in [9.17, 15) is 9.59 Å². The highest BCUT2D eigenvalue weighted by atomic mass is 35.5. The lowest BCUT2D eigenvalue weighted by Crippen LogP contribution is -2.37. The van der Waals surface area contributed by atoms with Gasteiger partial charge in [0.05, 0.1) is 11.1 Å². The fourth-order valence-corrected chi connectivity index (χ4v) is 3.50. The number of halogens is 1. The first-order valence-corrected chi connectivity index (χ1v) is 8.52. The zero-order valence-electron chi connectivity index (χ0n) is 12.9. The smallest absolute Gasteiger partial charge is 0.245 e. The van der Waals surface area contributed by atoms with Gasteiger partial charge in [-0.15, -0.1) is 11.3 Å². The molecule has 0 saturated heterocycles. The number of carbonyl (C=O) groups is 2. The molecule has 23 heavy (non-hydrogen) atoms. The summed E-state index contributed by atoms with van der Waals surface area (Å²) in [6.45, 7) is 3.82. The number of amides is 1. The molecule has 0 aliphatic heterocycles. The molecule has 1 aromatic carbocycles. The molecule has 120 valence electrons. The first-order chi connectivity index (χ1) is 10.8. The van der Waals surface area contributed by atoms with E-state index in [1.165, 1.54) is 11.3 Å². The molecule has 2 aromatic rings. The number of hydrogen-bond acceptors (Lipinski definition) is 4. The zero-order chi connectivity index (χ0) is 16.8. The average molecular weight is 349 g/mol. The van der Waals surface area contributed by atoms with Crippen LogP contribution in [0.2, 0.25) is 5.02 Å². The Kier molecular flexibility index (Phi) is 4.04. The van der Waals surface area contributed by atoms with Crippen molar-refractivity contribution in [2.45, 2.75) is 32.2 Å². The summed E-state index contributed by atoms with van der Waals surface area (Å²) >= 11 is 7.28. The lowest BCUT2D eigenvalue weighted by atomic mass is 10.0. The number of rotatable bonds is 4. The molecular weight excluding hydrogens is 332 g/mol. The maximum atomic E-state index is 12.8. The van der Waals surface area contributed by atoms with Gasteiger partial charge in [0, 0.05) is 15.5 Å². The van der Waals surface area contributed by atoms with Crippen molar-refractivity contribution >= 4 is 39.6 Å². The van der Waals surface area contributed by atoms with E-state index >= 15 is 0 Å². The van der Waals surface area contributed by atoms with Crippen LogP contribution >= 0.6 is 22.9 Å². The summed E-state index contributed by atoms with van der Waals surface area (Å²) in [5.41, 5.74) is 7.12. The van der Waals surface area contributed by atoms with Gasteiger partial charge >= 0.3 is 0 Å². The van der Waals surface area contributed by atoms with Crippen molar-refractivity contribution in [2.75, 3.05) is 5.32 Å². The molecule has 1 heterocycles. The Morgan fingerprint density at radius 1 is 1.22 bits per heavy atom. The quantitative estimate of drug-likeness (QED) is 0.828. The highest BCUT2D eigenvalue weighted by molar-refractivity contribution is 7.16. The average Bonchev–Trinajstić information content (AvgIpc) is 3.20. The molecule has 3 N–H and O–H groups in total. The van der Waals surface area contributed by atoms with Crippen LogP contribution in [0.15, 0.2) is 24.3 Å². The maximum Gasteiger partial charge on any atom is 0.245 e. The standard InChI is InChI=1S/C17H17ClN2O2S/c1-9-10(2)23-15(20-16(22)17(19)7-8-17)13(9)14(21)11-3-5-12(18)6-4-11/h3-6H,7-8,19H2,1-2H3,(H,20,22). The van der Waals surface area contributed by atoms with Crippen LogP contribution in [0.25, 0.3) is 0 Å². The van der Waals surface area contributed by atoms with Gasteiger partial charge in [-0.05, 0) is 56.5 Å². The van der Waals surface area contributed by atoms with Gasteiger partial charge in [0.2, 0.25) is 5.91 Å². The Labute approximate surface area is 143 Å². The normalized spacial score (nSPS) is 15.3. The third-order valence-corrected chi connectivity index (χ3v) is 5.56. The van der Waals surface area contributed by atoms with Gasteiger partial charge in [-0.25, -0.2) is 0 Å². The molecule has 0 radical (unpaired) electrons. The second kappa shape index (κ2) is 5.74. The molecular formula is C17H17ClN2O2S. The van der Waals surface area contributed by atoms with Gasteiger partial charge in [-0.2, -0.15) is 0 Å². The number of nitrogens with one attached hydrogen (secondary N) is 1. The number of hydrogen-bond donors (Lipinski definition) is 2. The lowest BCUT2D eigenvalue weighted by Gasteiger charge is -2.11. The molecule has 1 amide bonds.